The zero-order valence-electron chi connectivity index (χ0n) is 27.4. The summed E-state index contributed by atoms with van der Waals surface area (Å²) in [5.41, 5.74) is 10.1. The topological polar surface area (TPSA) is 48.8 Å². The summed E-state index contributed by atoms with van der Waals surface area (Å²) < 4.78 is 11.0. The number of benzene rings is 7. The third-order valence-electron chi connectivity index (χ3n) is 10.1. The van der Waals surface area contributed by atoms with Crippen LogP contribution in [0.15, 0.2) is 174 Å². The fraction of sp³-hybridized carbons (Fsp3) is 0. The lowest BCUT2D eigenvalue weighted by Gasteiger charge is -2.13. The summed E-state index contributed by atoms with van der Waals surface area (Å²) in [6, 6.07) is 59.4. The molecule has 0 spiro atoms. The molecule has 0 amide bonds. The number of rotatable bonds is 4. The Hall–Kier alpha value is -6.98. The molecule has 11 aromatic rings. The van der Waals surface area contributed by atoms with Crippen LogP contribution >= 0.6 is 0 Å². The smallest absolute Gasteiger partial charge is 0.162 e. The van der Waals surface area contributed by atoms with Crippen LogP contribution in [0.2, 0.25) is 0 Å². The second-order valence-corrected chi connectivity index (χ2v) is 13.0. The standard InChI is InChI=1S/C46H28N4O/c1-3-14-29(15-4-1)36-28-42(48-46(47-36)35-21-13-25-41-43(35)34-20-9-12-24-40(34)51-41)50-37-22-10-7-18-31(37)32-26-27-39-44(45(32)50)33-19-8-11-23-38(33)49(39)30-16-5-2-6-17-30/h1-28H. The molecule has 5 nitrogen and oxygen atoms in total. The van der Waals surface area contributed by atoms with E-state index in [0.29, 0.717) is 5.82 Å². The Kier molecular flexibility index (Phi) is 5.89. The average molecular weight is 653 g/mol. The van der Waals surface area contributed by atoms with Crippen LogP contribution in [-0.4, -0.2) is 19.1 Å². The lowest BCUT2D eigenvalue weighted by molar-refractivity contribution is 0.669. The molecule has 4 heterocycles. The highest BCUT2D eigenvalue weighted by molar-refractivity contribution is 6.26. The maximum Gasteiger partial charge on any atom is 0.162 e. The van der Waals surface area contributed by atoms with Crippen molar-refractivity contribution in [2.24, 2.45) is 0 Å². The van der Waals surface area contributed by atoms with E-state index in [1.165, 1.54) is 21.5 Å². The summed E-state index contributed by atoms with van der Waals surface area (Å²) >= 11 is 0. The SMILES string of the molecule is c1ccc(-c2cc(-n3c4ccccc4c4ccc5c(c6ccccc6n5-c5ccccc5)c43)nc(-c3cccc4oc5ccccc5c34)n2)cc1. The molecule has 0 bridgehead atoms. The molecule has 5 heteroatoms. The van der Waals surface area contributed by atoms with Gasteiger partial charge in [0, 0.05) is 55.2 Å². The Morgan fingerprint density at radius 1 is 0.431 bits per heavy atom. The zero-order chi connectivity index (χ0) is 33.5. The lowest BCUT2D eigenvalue weighted by Crippen LogP contribution is -2.03. The van der Waals surface area contributed by atoms with E-state index < -0.39 is 0 Å². The van der Waals surface area contributed by atoms with E-state index in [1.807, 2.05) is 30.3 Å². The fourth-order valence-electron chi connectivity index (χ4n) is 7.99. The molecule has 11 rings (SSSR count). The van der Waals surface area contributed by atoms with Gasteiger partial charge in [-0.05, 0) is 42.5 Å². The molecule has 0 radical (unpaired) electrons. The van der Waals surface area contributed by atoms with Gasteiger partial charge in [0.2, 0.25) is 0 Å². The summed E-state index contributed by atoms with van der Waals surface area (Å²) in [5, 5.41) is 6.80. The van der Waals surface area contributed by atoms with E-state index in [1.54, 1.807) is 0 Å². The summed E-state index contributed by atoms with van der Waals surface area (Å²) in [6.07, 6.45) is 0. The highest BCUT2D eigenvalue weighted by Gasteiger charge is 2.23. The highest BCUT2D eigenvalue weighted by atomic mass is 16.3. The lowest BCUT2D eigenvalue weighted by atomic mass is 10.0. The van der Waals surface area contributed by atoms with Crippen molar-refractivity contribution in [1.29, 1.82) is 0 Å². The molecule has 0 unspecified atom stereocenters. The van der Waals surface area contributed by atoms with Crippen LogP contribution < -0.4 is 0 Å². The molecular formula is C46H28N4O. The van der Waals surface area contributed by atoms with E-state index in [2.05, 4.69) is 149 Å². The predicted octanol–water partition coefficient (Wildman–Crippen LogP) is 11.9. The van der Waals surface area contributed by atoms with E-state index in [-0.39, 0.29) is 0 Å². The Morgan fingerprint density at radius 3 is 1.92 bits per heavy atom. The summed E-state index contributed by atoms with van der Waals surface area (Å²) in [7, 11) is 0. The van der Waals surface area contributed by atoms with Crippen molar-refractivity contribution in [2.75, 3.05) is 0 Å². The Morgan fingerprint density at radius 2 is 1.10 bits per heavy atom. The monoisotopic (exact) mass is 652 g/mol. The first kappa shape index (κ1) is 27.9. The van der Waals surface area contributed by atoms with Crippen LogP contribution in [0.4, 0.5) is 0 Å². The van der Waals surface area contributed by atoms with Crippen molar-refractivity contribution < 1.29 is 4.42 Å². The Bertz CT molecular complexity index is 3130. The minimum Gasteiger partial charge on any atom is -0.456 e. The van der Waals surface area contributed by atoms with Gasteiger partial charge in [-0.3, -0.25) is 4.57 Å². The molecular weight excluding hydrogens is 625 g/mol. The maximum atomic E-state index is 6.31. The number of aromatic nitrogens is 4. The first-order valence-electron chi connectivity index (χ1n) is 17.2. The highest BCUT2D eigenvalue weighted by Crippen LogP contribution is 2.43. The van der Waals surface area contributed by atoms with Crippen molar-refractivity contribution >= 4 is 65.6 Å². The summed E-state index contributed by atoms with van der Waals surface area (Å²) in [6.45, 7) is 0. The van der Waals surface area contributed by atoms with Crippen LogP contribution in [0.3, 0.4) is 0 Å². The Balaban J connectivity index is 1.30. The van der Waals surface area contributed by atoms with Gasteiger partial charge in [-0.1, -0.05) is 121 Å². The minimum atomic E-state index is 0.647. The molecule has 0 atom stereocenters. The van der Waals surface area contributed by atoms with Gasteiger partial charge >= 0.3 is 0 Å². The van der Waals surface area contributed by atoms with E-state index in [0.717, 1.165) is 72.3 Å². The van der Waals surface area contributed by atoms with Gasteiger partial charge in [-0.15, -0.1) is 0 Å². The molecule has 238 valence electrons. The van der Waals surface area contributed by atoms with Crippen molar-refractivity contribution in [3.05, 3.63) is 170 Å². The molecule has 0 aliphatic heterocycles. The number of nitrogens with zero attached hydrogens (tertiary/aromatic N) is 4. The zero-order valence-corrected chi connectivity index (χ0v) is 27.4. The van der Waals surface area contributed by atoms with Crippen LogP contribution in [0.25, 0.3) is 99.7 Å². The molecule has 0 fully saturated rings. The van der Waals surface area contributed by atoms with Crippen molar-refractivity contribution in [3.8, 4) is 34.2 Å². The van der Waals surface area contributed by atoms with E-state index >= 15 is 0 Å². The summed E-state index contributed by atoms with van der Waals surface area (Å²) in [5.74, 6) is 1.45. The molecule has 0 saturated carbocycles. The van der Waals surface area contributed by atoms with Crippen molar-refractivity contribution in [2.45, 2.75) is 0 Å². The molecule has 0 saturated heterocycles. The second-order valence-electron chi connectivity index (χ2n) is 13.0. The number of fused-ring (bicyclic) bond motifs is 10. The van der Waals surface area contributed by atoms with Gasteiger partial charge in [0.05, 0.1) is 27.8 Å². The third-order valence-corrected chi connectivity index (χ3v) is 10.1. The van der Waals surface area contributed by atoms with Gasteiger partial charge in [0.1, 0.15) is 17.0 Å². The number of para-hydroxylation sites is 4. The van der Waals surface area contributed by atoms with Crippen LogP contribution in [0.5, 0.6) is 0 Å². The summed E-state index contributed by atoms with van der Waals surface area (Å²) in [4.78, 5) is 10.7. The van der Waals surface area contributed by atoms with Crippen molar-refractivity contribution in [1.82, 2.24) is 19.1 Å². The van der Waals surface area contributed by atoms with Gasteiger partial charge < -0.3 is 8.98 Å². The van der Waals surface area contributed by atoms with Gasteiger partial charge in [-0.2, -0.15) is 0 Å². The average Bonchev–Trinajstić information content (AvgIpc) is 3.86. The predicted molar refractivity (Wildman–Crippen MR) is 209 cm³/mol. The molecule has 4 aromatic heterocycles. The molecule has 0 N–H and O–H groups in total. The Labute approximate surface area is 292 Å². The van der Waals surface area contributed by atoms with E-state index in [4.69, 9.17) is 14.4 Å². The number of furan rings is 1. The molecule has 7 aromatic carbocycles. The number of hydrogen-bond acceptors (Lipinski definition) is 3. The third kappa shape index (κ3) is 4.09. The van der Waals surface area contributed by atoms with Gasteiger partial charge in [0.15, 0.2) is 5.82 Å². The molecule has 0 aliphatic rings. The maximum absolute atomic E-state index is 6.31. The minimum absolute atomic E-state index is 0.647. The van der Waals surface area contributed by atoms with Crippen LogP contribution in [0.1, 0.15) is 0 Å². The van der Waals surface area contributed by atoms with Gasteiger partial charge in [-0.25, -0.2) is 9.97 Å². The fourth-order valence-corrected chi connectivity index (χ4v) is 7.99. The van der Waals surface area contributed by atoms with E-state index in [9.17, 15) is 0 Å². The number of hydrogen-bond donors (Lipinski definition) is 0. The van der Waals surface area contributed by atoms with Crippen LogP contribution in [0, 0.1) is 0 Å². The normalized spacial score (nSPS) is 11.9. The molecule has 0 aliphatic carbocycles. The molecule has 51 heavy (non-hydrogen) atoms. The van der Waals surface area contributed by atoms with Gasteiger partial charge in [0.25, 0.3) is 0 Å². The first-order valence-corrected chi connectivity index (χ1v) is 17.2. The van der Waals surface area contributed by atoms with Crippen LogP contribution in [-0.2, 0) is 0 Å². The second kappa shape index (κ2) is 10.8. The van der Waals surface area contributed by atoms with Crippen molar-refractivity contribution in [3.63, 3.8) is 0 Å². The largest absolute Gasteiger partial charge is 0.456 e. The first-order chi connectivity index (χ1) is 25.3. The quantitative estimate of drug-likeness (QED) is 0.190.